The standard InChI is InChI=1S/C16H27N3/c1-3-8-17-15-7-9-18-16(11-15)13-19-10-5-6-14(4-2)12-19/h7,9,11,14H,3-6,8,10,12-13H2,1-2H3,(H,17,18). The second kappa shape index (κ2) is 7.49. The number of likely N-dealkylation sites (tertiary alicyclic amines) is 1. The molecule has 1 atom stereocenters. The van der Waals surface area contributed by atoms with Crippen molar-refractivity contribution in [2.75, 3.05) is 25.0 Å². The first-order chi connectivity index (χ1) is 9.31. The molecule has 1 aromatic heterocycles. The molecule has 1 aliphatic rings. The van der Waals surface area contributed by atoms with E-state index >= 15 is 0 Å². The van der Waals surface area contributed by atoms with Crippen LogP contribution in [0.4, 0.5) is 5.69 Å². The second-order valence-electron chi connectivity index (χ2n) is 5.61. The van der Waals surface area contributed by atoms with Gasteiger partial charge in [-0.3, -0.25) is 9.88 Å². The second-order valence-corrected chi connectivity index (χ2v) is 5.61. The molecule has 0 spiro atoms. The molecule has 3 nitrogen and oxygen atoms in total. The van der Waals surface area contributed by atoms with Gasteiger partial charge in [0.15, 0.2) is 0 Å². The average molecular weight is 261 g/mol. The summed E-state index contributed by atoms with van der Waals surface area (Å²) in [6, 6.07) is 4.26. The normalized spacial score (nSPS) is 20.4. The van der Waals surface area contributed by atoms with Gasteiger partial charge in [0.2, 0.25) is 0 Å². The van der Waals surface area contributed by atoms with E-state index in [0.29, 0.717) is 0 Å². The van der Waals surface area contributed by atoms with Gasteiger partial charge in [0.05, 0.1) is 5.69 Å². The first-order valence-corrected chi connectivity index (χ1v) is 7.73. The lowest BCUT2D eigenvalue weighted by atomic mass is 9.95. The molecule has 1 aromatic rings. The minimum Gasteiger partial charge on any atom is -0.385 e. The maximum atomic E-state index is 4.51. The van der Waals surface area contributed by atoms with E-state index < -0.39 is 0 Å². The molecule has 0 amide bonds. The molecule has 1 N–H and O–H groups in total. The van der Waals surface area contributed by atoms with Gasteiger partial charge in [0.25, 0.3) is 0 Å². The number of aromatic nitrogens is 1. The summed E-state index contributed by atoms with van der Waals surface area (Å²) in [5.74, 6) is 0.884. The summed E-state index contributed by atoms with van der Waals surface area (Å²) in [6.45, 7) is 8.99. The van der Waals surface area contributed by atoms with Crippen LogP contribution in [-0.2, 0) is 6.54 Å². The Labute approximate surface area is 117 Å². The van der Waals surface area contributed by atoms with E-state index in [-0.39, 0.29) is 0 Å². The molecule has 1 unspecified atom stereocenters. The zero-order valence-electron chi connectivity index (χ0n) is 12.4. The van der Waals surface area contributed by atoms with E-state index in [1.54, 1.807) is 0 Å². The lowest BCUT2D eigenvalue weighted by Gasteiger charge is -2.31. The SMILES string of the molecule is CCCNc1ccnc(CN2CCCC(CC)C2)c1. The number of nitrogens with one attached hydrogen (secondary N) is 1. The van der Waals surface area contributed by atoms with Crippen molar-refractivity contribution < 1.29 is 0 Å². The fraction of sp³-hybridized carbons (Fsp3) is 0.688. The monoisotopic (exact) mass is 261 g/mol. The van der Waals surface area contributed by atoms with Crippen LogP contribution in [-0.4, -0.2) is 29.5 Å². The fourth-order valence-electron chi connectivity index (χ4n) is 2.80. The summed E-state index contributed by atoms with van der Waals surface area (Å²) in [6.07, 6.45) is 7.13. The molecule has 19 heavy (non-hydrogen) atoms. The average Bonchev–Trinajstić information content (AvgIpc) is 2.46. The molecule has 1 saturated heterocycles. The van der Waals surface area contributed by atoms with Gasteiger partial charge in [-0.25, -0.2) is 0 Å². The highest BCUT2D eigenvalue weighted by Gasteiger charge is 2.18. The molecule has 2 heterocycles. The molecule has 0 radical (unpaired) electrons. The van der Waals surface area contributed by atoms with Crippen LogP contribution in [0.1, 0.15) is 45.2 Å². The van der Waals surface area contributed by atoms with Gasteiger partial charge in [0.1, 0.15) is 0 Å². The third kappa shape index (κ3) is 4.50. The summed E-state index contributed by atoms with van der Waals surface area (Å²) in [5, 5.41) is 3.43. The molecule has 3 heteroatoms. The predicted molar refractivity (Wildman–Crippen MR) is 81.3 cm³/mol. The molecular formula is C16H27N3. The number of hydrogen-bond donors (Lipinski definition) is 1. The Hall–Kier alpha value is -1.09. The molecule has 106 valence electrons. The quantitative estimate of drug-likeness (QED) is 0.849. The van der Waals surface area contributed by atoms with Crippen molar-refractivity contribution in [2.24, 2.45) is 5.92 Å². The maximum Gasteiger partial charge on any atom is 0.0564 e. The van der Waals surface area contributed by atoms with Crippen molar-refractivity contribution >= 4 is 5.69 Å². The van der Waals surface area contributed by atoms with Crippen LogP contribution in [0, 0.1) is 5.92 Å². The number of nitrogens with zero attached hydrogens (tertiary/aromatic N) is 2. The number of piperidine rings is 1. The molecule has 1 aliphatic heterocycles. The lowest BCUT2D eigenvalue weighted by Crippen LogP contribution is -2.34. The maximum absolute atomic E-state index is 4.51. The van der Waals surface area contributed by atoms with Crippen LogP contribution in [0.15, 0.2) is 18.3 Å². The van der Waals surface area contributed by atoms with Crippen molar-refractivity contribution in [3.8, 4) is 0 Å². The Morgan fingerprint density at radius 2 is 2.32 bits per heavy atom. The summed E-state index contributed by atoms with van der Waals surface area (Å²) < 4.78 is 0. The van der Waals surface area contributed by atoms with Crippen LogP contribution < -0.4 is 5.32 Å². The molecule has 0 aromatic carbocycles. The smallest absolute Gasteiger partial charge is 0.0564 e. The zero-order chi connectivity index (χ0) is 13.5. The van der Waals surface area contributed by atoms with Crippen LogP contribution in [0.25, 0.3) is 0 Å². The van der Waals surface area contributed by atoms with E-state index in [1.165, 1.54) is 43.7 Å². The van der Waals surface area contributed by atoms with Crippen molar-refractivity contribution in [1.82, 2.24) is 9.88 Å². The summed E-state index contributed by atoms with van der Waals surface area (Å²) in [4.78, 5) is 7.07. The highest BCUT2D eigenvalue weighted by Crippen LogP contribution is 2.21. The number of rotatable bonds is 6. The van der Waals surface area contributed by atoms with Gasteiger partial charge in [0, 0.05) is 31.5 Å². The third-order valence-corrected chi connectivity index (χ3v) is 3.96. The lowest BCUT2D eigenvalue weighted by molar-refractivity contribution is 0.163. The molecule has 0 bridgehead atoms. The van der Waals surface area contributed by atoms with E-state index in [9.17, 15) is 0 Å². The van der Waals surface area contributed by atoms with Crippen molar-refractivity contribution in [2.45, 2.75) is 46.1 Å². The number of anilines is 1. The van der Waals surface area contributed by atoms with Crippen LogP contribution in [0.5, 0.6) is 0 Å². The molecule has 0 saturated carbocycles. The van der Waals surface area contributed by atoms with E-state index in [2.05, 4.69) is 41.2 Å². The Balaban J connectivity index is 1.90. The molecule has 1 fully saturated rings. The number of pyridine rings is 1. The Morgan fingerprint density at radius 1 is 1.42 bits per heavy atom. The summed E-state index contributed by atoms with van der Waals surface area (Å²) in [5.41, 5.74) is 2.40. The van der Waals surface area contributed by atoms with Gasteiger partial charge in [-0.05, 0) is 43.9 Å². The van der Waals surface area contributed by atoms with Gasteiger partial charge < -0.3 is 5.32 Å². The third-order valence-electron chi connectivity index (χ3n) is 3.96. The largest absolute Gasteiger partial charge is 0.385 e. The highest BCUT2D eigenvalue weighted by molar-refractivity contribution is 5.43. The Morgan fingerprint density at radius 3 is 3.11 bits per heavy atom. The van der Waals surface area contributed by atoms with E-state index in [0.717, 1.165) is 25.4 Å². The number of hydrogen-bond acceptors (Lipinski definition) is 3. The van der Waals surface area contributed by atoms with Crippen LogP contribution in [0.2, 0.25) is 0 Å². The molecular weight excluding hydrogens is 234 g/mol. The van der Waals surface area contributed by atoms with Gasteiger partial charge in [-0.15, -0.1) is 0 Å². The van der Waals surface area contributed by atoms with Gasteiger partial charge >= 0.3 is 0 Å². The Kier molecular flexibility index (Phi) is 5.64. The summed E-state index contributed by atoms with van der Waals surface area (Å²) in [7, 11) is 0. The predicted octanol–water partition coefficient (Wildman–Crippen LogP) is 3.53. The van der Waals surface area contributed by atoms with Gasteiger partial charge in [-0.2, -0.15) is 0 Å². The molecule has 0 aliphatic carbocycles. The zero-order valence-corrected chi connectivity index (χ0v) is 12.4. The minimum absolute atomic E-state index is 0.884. The first-order valence-electron chi connectivity index (χ1n) is 7.73. The van der Waals surface area contributed by atoms with Gasteiger partial charge in [-0.1, -0.05) is 20.3 Å². The first kappa shape index (κ1) is 14.3. The highest BCUT2D eigenvalue weighted by atomic mass is 15.1. The van der Waals surface area contributed by atoms with E-state index in [1.807, 2.05) is 6.20 Å². The fourth-order valence-corrected chi connectivity index (χ4v) is 2.80. The summed E-state index contributed by atoms with van der Waals surface area (Å²) >= 11 is 0. The van der Waals surface area contributed by atoms with E-state index in [4.69, 9.17) is 0 Å². The van der Waals surface area contributed by atoms with Crippen LogP contribution >= 0.6 is 0 Å². The van der Waals surface area contributed by atoms with Crippen molar-refractivity contribution in [1.29, 1.82) is 0 Å². The topological polar surface area (TPSA) is 28.2 Å². The molecule has 2 rings (SSSR count). The minimum atomic E-state index is 0.884. The van der Waals surface area contributed by atoms with Crippen molar-refractivity contribution in [3.63, 3.8) is 0 Å². The van der Waals surface area contributed by atoms with Crippen molar-refractivity contribution in [3.05, 3.63) is 24.0 Å². The Bertz CT molecular complexity index is 378. The van der Waals surface area contributed by atoms with Crippen LogP contribution in [0.3, 0.4) is 0 Å².